The van der Waals surface area contributed by atoms with E-state index >= 15 is 0 Å². The molecule has 0 atom stereocenters. The molecule has 2 rings (SSSR count). The van der Waals surface area contributed by atoms with Crippen molar-refractivity contribution in [2.75, 3.05) is 0 Å². The highest BCUT2D eigenvalue weighted by molar-refractivity contribution is 5.78. The van der Waals surface area contributed by atoms with Gasteiger partial charge in [-0.15, -0.1) is 0 Å². The molecule has 0 unspecified atom stereocenters. The monoisotopic (exact) mass is 294 g/mol. The van der Waals surface area contributed by atoms with Crippen molar-refractivity contribution in [3.05, 3.63) is 12.1 Å². The van der Waals surface area contributed by atoms with Crippen molar-refractivity contribution in [3.63, 3.8) is 0 Å². The number of carbonyl (C=O) groups excluding carboxylic acids is 4. The van der Waals surface area contributed by atoms with Gasteiger partial charge < -0.3 is 18.9 Å². The van der Waals surface area contributed by atoms with Gasteiger partial charge in [0.15, 0.2) is 11.5 Å². The van der Waals surface area contributed by atoms with Gasteiger partial charge in [-0.3, -0.25) is 19.2 Å². The first-order chi connectivity index (χ1) is 10.2. The SMILES string of the molecule is O=COc1cc(OC(=O)C2CC2)cc(OC=O)c1OC=O. The first-order valence-corrected chi connectivity index (χ1v) is 5.90. The van der Waals surface area contributed by atoms with Gasteiger partial charge in [-0.05, 0) is 12.8 Å². The summed E-state index contributed by atoms with van der Waals surface area (Å²) in [5.74, 6) is -1.32. The molecule has 1 aromatic carbocycles. The molecule has 0 bridgehead atoms. The molecule has 0 saturated heterocycles. The van der Waals surface area contributed by atoms with E-state index in [-0.39, 0.29) is 48.3 Å². The van der Waals surface area contributed by atoms with E-state index in [4.69, 9.17) is 4.74 Å². The summed E-state index contributed by atoms with van der Waals surface area (Å²) < 4.78 is 18.9. The molecule has 0 aliphatic heterocycles. The average molecular weight is 294 g/mol. The number of rotatable bonds is 8. The predicted octanol–water partition coefficient (Wildman–Crippen LogP) is 0.608. The fourth-order valence-corrected chi connectivity index (χ4v) is 1.57. The number of ether oxygens (including phenoxy) is 4. The molecule has 0 radical (unpaired) electrons. The van der Waals surface area contributed by atoms with Crippen LogP contribution in [0.25, 0.3) is 0 Å². The predicted molar refractivity (Wildman–Crippen MR) is 64.9 cm³/mol. The zero-order valence-electron chi connectivity index (χ0n) is 10.6. The van der Waals surface area contributed by atoms with Crippen LogP contribution in [0.1, 0.15) is 12.8 Å². The lowest BCUT2D eigenvalue weighted by atomic mass is 10.2. The van der Waals surface area contributed by atoms with Gasteiger partial charge in [0.05, 0.1) is 5.92 Å². The van der Waals surface area contributed by atoms with E-state index in [9.17, 15) is 19.2 Å². The summed E-state index contributed by atoms with van der Waals surface area (Å²) >= 11 is 0. The summed E-state index contributed by atoms with van der Waals surface area (Å²) in [6.45, 7) is 0.245. The van der Waals surface area contributed by atoms with Gasteiger partial charge in [0.2, 0.25) is 5.75 Å². The summed E-state index contributed by atoms with van der Waals surface area (Å²) in [6, 6.07) is 2.34. The zero-order chi connectivity index (χ0) is 15.2. The van der Waals surface area contributed by atoms with Crippen LogP contribution < -0.4 is 18.9 Å². The normalized spacial score (nSPS) is 13.0. The van der Waals surface area contributed by atoms with Crippen LogP contribution in [0.5, 0.6) is 23.0 Å². The lowest BCUT2D eigenvalue weighted by Gasteiger charge is -2.12. The van der Waals surface area contributed by atoms with Gasteiger partial charge >= 0.3 is 5.97 Å². The molecule has 0 heterocycles. The number of benzene rings is 1. The Morgan fingerprint density at radius 1 is 0.952 bits per heavy atom. The third kappa shape index (κ3) is 3.56. The van der Waals surface area contributed by atoms with Crippen molar-refractivity contribution in [3.8, 4) is 23.0 Å². The van der Waals surface area contributed by atoms with Gasteiger partial charge in [-0.25, -0.2) is 0 Å². The van der Waals surface area contributed by atoms with Crippen LogP contribution in [0.15, 0.2) is 12.1 Å². The van der Waals surface area contributed by atoms with Crippen molar-refractivity contribution >= 4 is 25.4 Å². The maximum atomic E-state index is 11.6. The fourth-order valence-electron chi connectivity index (χ4n) is 1.57. The topological polar surface area (TPSA) is 105 Å². The van der Waals surface area contributed by atoms with Crippen LogP contribution in [0.3, 0.4) is 0 Å². The molecule has 0 N–H and O–H groups in total. The highest BCUT2D eigenvalue weighted by atomic mass is 16.6. The van der Waals surface area contributed by atoms with Gasteiger partial charge in [-0.1, -0.05) is 0 Å². The molecule has 0 aromatic heterocycles. The number of carbonyl (C=O) groups is 4. The third-order valence-electron chi connectivity index (χ3n) is 2.64. The molecule has 0 spiro atoms. The van der Waals surface area contributed by atoms with E-state index in [0.717, 1.165) is 12.8 Å². The van der Waals surface area contributed by atoms with Crippen molar-refractivity contribution < 1.29 is 38.1 Å². The molecule has 1 aliphatic carbocycles. The van der Waals surface area contributed by atoms with Crippen LogP contribution in [-0.2, 0) is 19.2 Å². The summed E-state index contributed by atoms with van der Waals surface area (Å²) in [5, 5.41) is 0. The Morgan fingerprint density at radius 2 is 1.48 bits per heavy atom. The summed E-state index contributed by atoms with van der Waals surface area (Å²) in [7, 11) is 0. The first kappa shape index (κ1) is 14.5. The Bertz CT molecular complexity index is 545. The highest BCUT2D eigenvalue weighted by Gasteiger charge is 2.32. The van der Waals surface area contributed by atoms with E-state index in [1.807, 2.05) is 0 Å². The molecule has 21 heavy (non-hydrogen) atoms. The quantitative estimate of drug-likeness (QED) is 0.390. The van der Waals surface area contributed by atoms with Crippen LogP contribution in [-0.4, -0.2) is 25.4 Å². The van der Waals surface area contributed by atoms with Crippen LogP contribution in [0.2, 0.25) is 0 Å². The Kier molecular flexibility index (Phi) is 4.50. The second-order valence-corrected chi connectivity index (χ2v) is 4.09. The molecule has 8 nitrogen and oxygen atoms in total. The van der Waals surface area contributed by atoms with E-state index in [2.05, 4.69) is 14.2 Å². The molecule has 0 amide bonds. The third-order valence-corrected chi connectivity index (χ3v) is 2.64. The molecule has 110 valence electrons. The summed E-state index contributed by atoms with van der Waals surface area (Å²) in [5.41, 5.74) is 0. The molecule has 1 aliphatic rings. The van der Waals surface area contributed by atoms with Crippen LogP contribution >= 0.6 is 0 Å². The van der Waals surface area contributed by atoms with Crippen molar-refractivity contribution in [2.45, 2.75) is 12.8 Å². The maximum Gasteiger partial charge on any atom is 0.314 e. The minimum Gasteiger partial charge on any atom is -0.426 e. The fraction of sp³-hybridized carbons (Fsp3) is 0.231. The number of esters is 1. The van der Waals surface area contributed by atoms with E-state index in [0.29, 0.717) is 0 Å². The van der Waals surface area contributed by atoms with Crippen LogP contribution in [0, 0.1) is 5.92 Å². The maximum absolute atomic E-state index is 11.6. The Hall–Kier alpha value is -2.90. The van der Waals surface area contributed by atoms with E-state index < -0.39 is 5.97 Å². The van der Waals surface area contributed by atoms with Crippen LogP contribution in [0.4, 0.5) is 0 Å². The molecular formula is C13H10O8. The summed E-state index contributed by atoms with van der Waals surface area (Å²) in [4.78, 5) is 43.0. The molecule has 1 saturated carbocycles. The minimum atomic E-state index is -0.437. The van der Waals surface area contributed by atoms with Gasteiger partial charge in [0, 0.05) is 12.1 Å². The Morgan fingerprint density at radius 3 is 1.90 bits per heavy atom. The molecule has 1 fully saturated rings. The molecule has 8 heteroatoms. The molecule has 1 aromatic rings. The van der Waals surface area contributed by atoms with E-state index in [1.54, 1.807) is 0 Å². The van der Waals surface area contributed by atoms with Crippen molar-refractivity contribution in [2.24, 2.45) is 5.92 Å². The number of hydrogen-bond donors (Lipinski definition) is 0. The second-order valence-electron chi connectivity index (χ2n) is 4.09. The first-order valence-electron chi connectivity index (χ1n) is 5.90. The smallest absolute Gasteiger partial charge is 0.314 e. The minimum absolute atomic E-state index is 0.00107. The van der Waals surface area contributed by atoms with E-state index in [1.165, 1.54) is 12.1 Å². The Labute approximate surface area is 118 Å². The Balaban J connectivity index is 2.35. The summed E-state index contributed by atoms with van der Waals surface area (Å²) in [6.07, 6.45) is 1.50. The van der Waals surface area contributed by atoms with Crippen molar-refractivity contribution in [1.82, 2.24) is 0 Å². The lowest BCUT2D eigenvalue weighted by Crippen LogP contribution is -2.10. The lowest BCUT2D eigenvalue weighted by molar-refractivity contribution is -0.135. The second kappa shape index (κ2) is 6.51. The largest absolute Gasteiger partial charge is 0.426 e. The standard InChI is InChI=1S/C13H10O8/c14-5-18-10-3-9(21-13(17)8-1-2-8)4-11(19-6-15)12(10)20-7-16/h3-8H,1-2H2. The van der Waals surface area contributed by atoms with Gasteiger partial charge in [0.1, 0.15) is 5.75 Å². The van der Waals surface area contributed by atoms with Crippen molar-refractivity contribution in [1.29, 1.82) is 0 Å². The van der Waals surface area contributed by atoms with Gasteiger partial charge in [0.25, 0.3) is 19.4 Å². The molecular weight excluding hydrogens is 284 g/mol. The highest BCUT2D eigenvalue weighted by Crippen LogP contribution is 2.41. The average Bonchev–Trinajstić information content (AvgIpc) is 3.27. The number of hydrogen-bond acceptors (Lipinski definition) is 8. The zero-order valence-corrected chi connectivity index (χ0v) is 10.6. The van der Waals surface area contributed by atoms with Gasteiger partial charge in [-0.2, -0.15) is 0 Å².